The standard InChI is InChI=1S/C9H17NO/c1-8-3-5-9(7-10-8)4-2-6-11-9/h8,10H,2-7H2,1H3. The van der Waals surface area contributed by atoms with Crippen LogP contribution in [0.25, 0.3) is 0 Å². The van der Waals surface area contributed by atoms with Gasteiger partial charge in [0.1, 0.15) is 0 Å². The van der Waals surface area contributed by atoms with E-state index in [1.165, 1.54) is 25.7 Å². The molecule has 2 atom stereocenters. The summed E-state index contributed by atoms with van der Waals surface area (Å²) in [4.78, 5) is 0. The second-order valence-electron chi connectivity index (χ2n) is 3.96. The lowest BCUT2D eigenvalue weighted by Crippen LogP contribution is -2.48. The van der Waals surface area contributed by atoms with Crippen LogP contribution in [0.3, 0.4) is 0 Å². The third-order valence-corrected chi connectivity index (χ3v) is 2.99. The van der Waals surface area contributed by atoms with Gasteiger partial charge in [0.05, 0.1) is 5.60 Å². The van der Waals surface area contributed by atoms with E-state index in [1.54, 1.807) is 0 Å². The second kappa shape index (κ2) is 2.76. The maximum atomic E-state index is 5.77. The smallest absolute Gasteiger partial charge is 0.0807 e. The summed E-state index contributed by atoms with van der Waals surface area (Å²) in [6, 6.07) is 0.699. The first kappa shape index (κ1) is 7.56. The molecule has 2 aliphatic heterocycles. The van der Waals surface area contributed by atoms with Crippen LogP contribution in [0.15, 0.2) is 0 Å². The van der Waals surface area contributed by atoms with Crippen molar-refractivity contribution >= 4 is 0 Å². The summed E-state index contributed by atoms with van der Waals surface area (Å²) in [6.45, 7) is 4.31. The zero-order chi connectivity index (χ0) is 7.73. The predicted octanol–water partition coefficient (Wildman–Crippen LogP) is 1.31. The van der Waals surface area contributed by atoms with Crippen LogP contribution in [0.1, 0.15) is 32.6 Å². The zero-order valence-corrected chi connectivity index (χ0v) is 7.23. The van der Waals surface area contributed by atoms with Crippen molar-refractivity contribution in [3.63, 3.8) is 0 Å². The van der Waals surface area contributed by atoms with Crippen LogP contribution in [0, 0.1) is 0 Å². The Morgan fingerprint density at radius 3 is 2.91 bits per heavy atom. The van der Waals surface area contributed by atoms with Gasteiger partial charge in [-0.3, -0.25) is 0 Å². The zero-order valence-electron chi connectivity index (χ0n) is 7.23. The molecule has 2 saturated heterocycles. The molecular weight excluding hydrogens is 138 g/mol. The van der Waals surface area contributed by atoms with Gasteiger partial charge in [0.15, 0.2) is 0 Å². The highest BCUT2D eigenvalue weighted by Crippen LogP contribution is 2.32. The van der Waals surface area contributed by atoms with Crippen LogP contribution in [0.5, 0.6) is 0 Å². The molecule has 0 saturated carbocycles. The maximum Gasteiger partial charge on any atom is 0.0807 e. The first-order valence-electron chi connectivity index (χ1n) is 4.68. The van der Waals surface area contributed by atoms with E-state index in [-0.39, 0.29) is 5.60 Å². The molecule has 0 amide bonds. The summed E-state index contributed by atoms with van der Waals surface area (Å²) in [5, 5.41) is 3.49. The molecule has 0 bridgehead atoms. The molecule has 2 unspecified atom stereocenters. The number of ether oxygens (including phenoxy) is 1. The summed E-state index contributed by atoms with van der Waals surface area (Å²) in [6.07, 6.45) is 5.07. The van der Waals surface area contributed by atoms with Crippen LogP contribution in [0.2, 0.25) is 0 Å². The fourth-order valence-corrected chi connectivity index (χ4v) is 2.12. The Bertz CT molecular complexity index is 130. The molecule has 64 valence electrons. The van der Waals surface area contributed by atoms with Gasteiger partial charge >= 0.3 is 0 Å². The predicted molar refractivity (Wildman–Crippen MR) is 44.6 cm³/mol. The molecular formula is C9H17NO. The second-order valence-corrected chi connectivity index (χ2v) is 3.96. The number of nitrogens with one attached hydrogen (secondary N) is 1. The molecule has 11 heavy (non-hydrogen) atoms. The van der Waals surface area contributed by atoms with Crippen LogP contribution < -0.4 is 5.32 Å². The molecule has 0 aromatic rings. The topological polar surface area (TPSA) is 21.3 Å². The molecule has 2 heteroatoms. The average molecular weight is 155 g/mol. The lowest BCUT2D eigenvalue weighted by atomic mass is 9.88. The molecule has 0 radical (unpaired) electrons. The Morgan fingerprint density at radius 1 is 1.45 bits per heavy atom. The lowest BCUT2D eigenvalue weighted by Gasteiger charge is -2.36. The minimum atomic E-state index is 0.243. The molecule has 2 aliphatic rings. The summed E-state index contributed by atoms with van der Waals surface area (Å²) < 4.78 is 5.77. The Hall–Kier alpha value is -0.0800. The van der Waals surface area contributed by atoms with Crippen molar-refractivity contribution in [2.24, 2.45) is 0 Å². The third-order valence-electron chi connectivity index (χ3n) is 2.99. The Labute approximate surface area is 68.3 Å². The van der Waals surface area contributed by atoms with E-state index in [2.05, 4.69) is 12.2 Å². The Kier molecular flexibility index (Phi) is 1.90. The largest absolute Gasteiger partial charge is 0.374 e. The fraction of sp³-hybridized carbons (Fsp3) is 1.00. The molecule has 2 heterocycles. The van der Waals surface area contributed by atoms with Crippen LogP contribution >= 0.6 is 0 Å². The van der Waals surface area contributed by atoms with Gasteiger partial charge in [-0.2, -0.15) is 0 Å². The van der Waals surface area contributed by atoms with E-state index in [1.807, 2.05) is 0 Å². The van der Waals surface area contributed by atoms with Crippen LogP contribution in [0.4, 0.5) is 0 Å². The highest BCUT2D eigenvalue weighted by molar-refractivity contribution is 4.92. The third kappa shape index (κ3) is 1.42. The van der Waals surface area contributed by atoms with Crippen LogP contribution in [-0.2, 0) is 4.74 Å². The lowest BCUT2D eigenvalue weighted by molar-refractivity contribution is -0.0201. The first-order valence-corrected chi connectivity index (χ1v) is 4.68. The quantitative estimate of drug-likeness (QED) is 0.569. The minimum Gasteiger partial charge on any atom is -0.374 e. The van der Waals surface area contributed by atoms with Crippen molar-refractivity contribution in [3.8, 4) is 0 Å². The number of rotatable bonds is 0. The van der Waals surface area contributed by atoms with E-state index in [0.29, 0.717) is 6.04 Å². The van der Waals surface area contributed by atoms with Crippen molar-refractivity contribution in [2.45, 2.75) is 44.2 Å². The van der Waals surface area contributed by atoms with E-state index in [4.69, 9.17) is 4.74 Å². The summed E-state index contributed by atoms with van der Waals surface area (Å²) in [5.41, 5.74) is 0.243. The maximum absolute atomic E-state index is 5.77. The normalized spacial score (nSPS) is 45.0. The molecule has 0 aromatic carbocycles. The summed E-state index contributed by atoms with van der Waals surface area (Å²) >= 11 is 0. The van der Waals surface area contributed by atoms with E-state index in [0.717, 1.165) is 13.2 Å². The molecule has 0 aliphatic carbocycles. The van der Waals surface area contributed by atoms with Crippen molar-refractivity contribution in [1.82, 2.24) is 5.32 Å². The first-order chi connectivity index (χ1) is 5.31. The number of piperidine rings is 1. The molecule has 2 nitrogen and oxygen atoms in total. The van der Waals surface area contributed by atoms with Gasteiger partial charge in [-0.25, -0.2) is 0 Å². The van der Waals surface area contributed by atoms with Gasteiger partial charge in [-0.05, 0) is 32.6 Å². The van der Waals surface area contributed by atoms with Gasteiger partial charge in [-0.15, -0.1) is 0 Å². The summed E-state index contributed by atoms with van der Waals surface area (Å²) in [5.74, 6) is 0. The minimum absolute atomic E-state index is 0.243. The van der Waals surface area contributed by atoms with Crippen molar-refractivity contribution in [3.05, 3.63) is 0 Å². The molecule has 2 rings (SSSR count). The van der Waals surface area contributed by atoms with Gasteiger partial charge in [0, 0.05) is 19.2 Å². The van der Waals surface area contributed by atoms with Gasteiger partial charge in [-0.1, -0.05) is 0 Å². The number of hydrogen-bond donors (Lipinski definition) is 1. The summed E-state index contributed by atoms with van der Waals surface area (Å²) in [7, 11) is 0. The molecule has 1 N–H and O–H groups in total. The van der Waals surface area contributed by atoms with Crippen molar-refractivity contribution in [1.29, 1.82) is 0 Å². The SMILES string of the molecule is CC1CCC2(CCCO2)CN1. The Morgan fingerprint density at radius 2 is 2.36 bits per heavy atom. The van der Waals surface area contributed by atoms with Crippen molar-refractivity contribution in [2.75, 3.05) is 13.2 Å². The van der Waals surface area contributed by atoms with E-state index in [9.17, 15) is 0 Å². The average Bonchev–Trinajstić information content (AvgIpc) is 2.45. The van der Waals surface area contributed by atoms with Crippen molar-refractivity contribution < 1.29 is 4.74 Å². The highest BCUT2D eigenvalue weighted by Gasteiger charge is 2.37. The molecule has 2 fully saturated rings. The van der Waals surface area contributed by atoms with Gasteiger partial charge in [0.25, 0.3) is 0 Å². The molecule has 0 aromatic heterocycles. The van der Waals surface area contributed by atoms with E-state index >= 15 is 0 Å². The van der Waals surface area contributed by atoms with Gasteiger partial charge < -0.3 is 10.1 Å². The molecule has 1 spiro atoms. The van der Waals surface area contributed by atoms with Gasteiger partial charge in [0.2, 0.25) is 0 Å². The van der Waals surface area contributed by atoms with E-state index < -0.39 is 0 Å². The Balaban J connectivity index is 1.94. The number of hydrogen-bond acceptors (Lipinski definition) is 2. The monoisotopic (exact) mass is 155 g/mol. The van der Waals surface area contributed by atoms with Crippen LogP contribution in [-0.4, -0.2) is 24.8 Å². The highest BCUT2D eigenvalue weighted by atomic mass is 16.5. The fourth-order valence-electron chi connectivity index (χ4n) is 2.12.